The van der Waals surface area contributed by atoms with Crippen LogP contribution in [0.4, 0.5) is 0 Å². The second kappa shape index (κ2) is 5.21. The number of nitrogens with zero attached hydrogens (tertiary/aromatic N) is 2. The van der Waals surface area contributed by atoms with Gasteiger partial charge in [-0.2, -0.15) is 0 Å². The van der Waals surface area contributed by atoms with Gasteiger partial charge in [-0.1, -0.05) is 13.8 Å². The van der Waals surface area contributed by atoms with Crippen molar-refractivity contribution in [2.24, 2.45) is 5.41 Å². The van der Waals surface area contributed by atoms with Crippen LogP contribution in [0.2, 0.25) is 0 Å². The molecule has 0 N–H and O–H groups in total. The lowest BCUT2D eigenvalue weighted by atomic mass is 9.69. The van der Waals surface area contributed by atoms with Crippen molar-refractivity contribution in [1.29, 1.82) is 0 Å². The van der Waals surface area contributed by atoms with Gasteiger partial charge in [0.1, 0.15) is 5.60 Å². The van der Waals surface area contributed by atoms with Gasteiger partial charge in [0.05, 0.1) is 12.1 Å². The number of hydrogen-bond acceptors (Lipinski definition) is 4. The molecule has 3 rings (SSSR count). The van der Waals surface area contributed by atoms with Gasteiger partial charge in [0.2, 0.25) is 0 Å². The van der Waals surface area contributed by atoms with Crippen LogP contribution in [0.25, 0.3) is 4.96 Å². The minimum Gasteiger partial charge on any atom is -0.370 e. The molecule has 0 aromatic carbocycles. The van der Waals surface area contributed by atoms with Gasteiger partial charge in [-0.3, -0.25) is 9.20 Å². The number of hydrogen-bond donors (Lipinski definition) is 0. The number of rotatable bonds is 4. The zero-order chi connectivity index (χ0) is 15.1. The summed E-state index contributed by atoms with van der Waals surface area (Å²) >= 11 is 1.58. The van der Waals surface area contributed by atoms with E-state index in [4.69, 9.17) is 4.74 Å². The lowest BCUT2D eigenvalue weighted by Crippen LogP contribution is -2.46. The molecule has 114 valence electrons. The first-order valence-corrected chi connectivity index (χ1v) is 8.32. The largest absolute Gasteiger partial charge is 0.370 e. The molecule has 0 atom stereocenters. The van der Waals surface area contributed by atoms with Crippen LogP contribution in [0.3, 0.4) is 0 Å². The van der Waals surface area contributed by atoms with Gasteiger partial charge in [0, 0.05) is 24.9 Å². The summed E-state index contributed by atoms with van der Waals surface area (Å²) in [6.45, 7) is 4.53. The molecular formula is C16H22N2O2S. The molecule has 0 bridgehead atoms. The third kappa shape index (κ3) is 2.77. The van der Waals surface area contributed by atoms with Gasteiger partial charge in [-0.05, 0) is 31.1 Å². The van der Waals surface area contributed by atoms with E-state index in [0.29, 0.717) is 11.8 Å². The quantitative estimate of drug-likeness (QED) is 0.868. The lowest BCUT2D eigenvalue weighted by molar-refractivity contribution is -0.147. The van der Waals surface area contributed by atoms with Crippen LogP contribution in [0.15, 0.2) is 17.8 Å². The molecule has 0 unspecified atom stereocenters. The highest BCUT2D eigenvalue weighted by Crippen LogP contribution is 2.42. The van der Waals surface area contributed by atoms with Gasteiger partial charge in [-0.15, -0.1) is 11.3 Å². The van der Waals surface area contributed by atoms with Crippen molar-refractivity contribution in [3.05, 3.63) is 23.5 Å². The second-order valence-corrected chi connectivity index (χ2v) is 7.66. The minimum absolute atomic E-state index is 0.172. The number of ether oxygens (including phenoxy) is 1. The third-order valence-corrected chi connectivity index (χ3v) is 5.57. The van der Waals surface area contributed by atoms with E-state index in [1.165, 1.54) is 0 Å². The summed E-state index contributed by atoms with van der Waals surface area (Å²) in [5, 5.41) is 1.99. The Bertz CT molecular complexity index is 618. The Morgan fingerprint density at radius 3 is 2.71 bits per heavy atom. The molecule has 21 heavy (non-hydrogen) atoms. The fourth-order valence-corrected chi connectivity index (χ4v) is 3.83. The standard InChI is InChI=1S/C16H22N2O2S/c1-15(2)4-6-16(20-3,7-5-15)13(19)10-12-11-18-8-9-21-14(18)17-12/h8-9,11H,4-7,10H2,1-3H3. The Labute approximate surface area is 129 Å². The van der Waals surface area contributed by atoms with Crippen LogP contribution in [0.1, 0.15) is 45.2 Å². The predicted octanol–water partition coefficient (Wildman–Crippen LogP) is 3.49. The number of thiazole rings is 1. The molecule has 4 nitrogen and oxygen atoms in total. The molecule has 1 aliphatic carbocycles. The molecule has 0 radical (unpaired) electrons. The van der Waals surface area contributed by atoms with Crippen LogP contribution >= 0.6 is 11.3 Å². The summed E-state index contributed by atoms with van der Waals surface area (Å²) in [6, 6.07) is 0. The minimum atomic E-state index is -0.605. The Hall–Kier alpha value is -1.20. The van der Waals surface area contributed by atoms with Crippen LogP contribution in [0, 0.1) is 5.41 Å². The predicted molar refractivity (Wildman–Crippen MR) is 83.8 cm³/mol. The van der Waals surface area contributed by atoms with E-state index < -0.39 is 5.60 Å². The maximum Gasteiger partial charge on any atom is 0.193 e. The zero-order valence-electron chi connectivity index (χ0n) is 12.9. The van der Waals surface area contributed by atoms with E-state index in [1.54, 1.807) is 18.4 Å². The highest BCUT2D eigenvalue weighted by atomic mass is 32.1. The Kier molecular flexibility index (Phi) is 3.66. The molecule has 1 saturated carbocycles. The van der Waals surface area contributed by atoms with E-state index in [-0.39, 0.29) is 5.78 Å². The first-order chi connectivity index (χ1) is 9.94. The number of aromatic nitrogens is 2. The molecule has 2 aromatic heterocycles. The number of ketones is 1. The molecule has 2 aromatic rings. The van der Waals surface area contributed by atoms with Gasteiger partial charge in [0.25, 0.3) is 0 Å². The first kappa shape index (κ1) is 14.7. The van der Waals surface area contributed by atoms with Crippen LogP contribution < -0.4 is 0 Å². The lowest BCUT2D eigenvalue weighted by Gasteiger charge is -2.41. The molecule has 1 fully saturated rings. The van der Waals surface area contributed by atoms with E-state index in [0.717, 1.165) is 36.3 Å². The van der Waals surface area contributed by atoms with E-state index in [2.05, 4.69) is 18.8 Å². The number of methoxy groups -OCH3 is 1. The SMILES string of the molecule is COC1(C(=O)Cc2cn3ccsc3n2)CCC(C)(C)CC1. The van der Waals surface area contributed by atoms with E-state index in [9.17, 15) is 4.79 Å². The van der Waals surface area contributed by atoms with Crippen molar-refractivity contribution in [1.82, 2.24) is 9.38 Å². The average molecular weight is 306 g/mol. The number of imidazole rings is 1. The highest BCUT2D eigenvalue weighted by molar-refractivity contribution is 7.15. The maximum atomic E-state index is 12.8. The fraction of sp³-hybridized carbons (Fsp3) is 0.625. The fourth-order valence-electron chi connectivity index (χ4n) is 3.11. The van der Waals surface area contributed by atoms with Crippen LogP contribution in [-0.2, 0) is 16.0 Å². The van der Waals surface area contributed by atoms with Gasteiger partial charge < -0.3 is 4.74 Å². The molecule has 0 saturated heterocycles. The summed E-state index contributed by atoms with van der Waals surface area (Å²) in [7, 11) is 1.67. The van der Waals surface area contributed by atoms with Crippen LogP contribution in [0.5, 0.6) is 0 Å². The summed E-state index contributed by atoms with van der Waals surface area (Å²) in [6.07, 6.45) is 7.98. The zero-order valence-corrected chi connectivity index (χ0v) is 13.7. The molecule has 0 spiro atoms. The molecule has 0 amide bonds. The average Bonchev–Trinajstić information content (AvgIpc) is 3.00. The van der Waals surface area contributed by atoms with Crippen molar-refractivity contribution in [2.75, 3.05) is 7.11 Å². The van der Waals surface area contributed by atoms with Gasteiger partial charge in [0.15, 0.2) is 10.7 Å². The number of Topliss-reactive ketones (excluding diaryl/α,β-unsaturated/α-hetero) is 1. The number of carbonyl (C=O) groups excluding carboxylic acids is 1. The summed E-state index contributed by atoms with van der Waals surface area (Å²) < 4.78 is 7.65. The van der Waals surface area contributed by atoms with Gasteiger partial charge >= 0.3 is 0 Å². The molecule has 2 heterocycles. The monoisotopic (exact) mass is 306 g/mol. The van der Waals surface area contributed by atoms with Crippen molar-refractivity contribution in [2.45, 2.75) is 51.6 Å². The van der Waals surface area contributed by atoms with Crippen LogP contribution in [-0.4, -0.2) is 27.9 Å². The van der Waals surface area contributed by atoms with E-state index >= 15 is 0 Å². The Morgan fingerprint density at radius 1 is 1.38 bits per heavy atom. The Balaban J connectivity index is 1.75. The third-order valence-electron chi connectivity index (χ3n) is 4.79. The number of carbonyl (C=O) groups is 1. The molecule has 1 aliphatic rings. The van der Waals surface area contributed by atoms with Gasteiger partial charge in [-0.25, -0.2) is 4.98 Å². The Morgan fingerprint density at radius 2 is 2.10 bits per heavy atom. The topological polar surface area (TPSA) is 43.6 Å². The van der Waals surface area contributed by atoms with Crippen molar-refractivity contribution in [3.63, 3.8) is 0 Å². The van der Waals surface area contributed by atoms with E-state index in [1.807, 2.05) is 22.2 Å². The summed E-state index contributed by atoms with van der Waals surface area (Å²) in [5.74, 6) is 0.172. The summed E-state index contributed by atoms with van der Waals surface area (Å²) in [4.78, 5) is 18.2. The van der Waals surface area contributed by atoms with Crippen molar-refractivity contribution in [3.8, 4) is 0 Å². The molecule has 5 heteroatoms. The molecular weight excluding hydrogens is 284 g/mol. The van der Waals surface area contributed by atoms with Crippen molar-refractivity contribution < 1.29 is 9.53 Å². The number of fused-ring (bicyclic) bond motifs is 1. The normalized spacial score (nSPS) is 20.7. The maximum absolute atomic E-state index is 12.8. The summed E-state index contributed by atoms with van der Waals surface area (Å²) in [5.41, 5.74) is 0.555. The second-order valence-electron chi connectivity index (χ2n) is 6.79. The molecule has 0 aliphatic heterocycles. The smallest absolute Gasteiger partial charge is 0.193 e. The van der Waals surface area contributed by atoms with Crippen molar-refractivity contribution >= 4 is 22.1 Å². The first-order valence-electron chi connectivity index (χ1n) is 7.44. The highest BCUT2D eigenvalue weighted by Gasteiger charge is 2.43.